The lowest BCUT2D eigenvalue weighted by Crippen LogP contribution is -2.40. The average Bonchev–Trinajstić information content (AvgIpc) is 2.95. The van der Waals surface area contributed by atoms with Crippen LogP contribution in [0, 0.1) is 11.3 Å². The standard InChI is InChI=1S/C15H22N2O2S/c1-15(2,3)13(11-6-5-7-20-11)16-14(19)10-8-12(18)17(4)9-10/h5-7,10,13H,8-9H2,1-4H3,(H,16,19)/t10-,13+/m0/s1. The Morgan fingerprint density at radius 3 is 2.65 bits per heavy atom. The fourth-order valence-electron chi connectivity index (χ4n) is 2.47. The second-order valence-corrected chi connectivity index (χ2v) is 7.48. The Hall–Kier alpha value is -1.36. The van der Waals surface area contributed by atoms with Crippen molar-refractivity contribution in [1.82, 2.24) is 10.2 Å². The molecule has 0 radical (unpaired) electrons. The van der Waals surface area contributed by atoms with Crippen LogP contribution in [0.3, 0.4) is 0 Å². The number of nitrogens with zero attached hydrogens (tertiary/aromatic N) is 1. The van der Waals surface area contributed by atoms with Gasteiger partial charge in [-0.05, 0) is 16.9 Å². The maximum atomic E-state index is 12.4. The minimum Gasteiger partial charge on any atom is -0.348 e. The van der Waals surface area contributed by atoms with Crippen molar-refractivity contribution in [3.8, 4) is 0 Å². The summed E-state index contributed by atoms with van der Waals surface area (Å²) in [5.41, 5.74) is -0.0605. The number of nitrogens with one attached hydrogen (secondary N) is 1. The van der Waals surface area contributed by atoms with Crippen molar-refractivity contribution in [2.75, 3.05) is 13.6 Å². The zero-order chi connectivity index (χ0) is 14.9. The monoisotopic (exact) mass is 294 g/mol. The molecule has 1 aliphatic heterocycles. The summed E-state index contributed by atoms with van der Waals surface area (Å²) in [4.78, 5) is 26.7. The highest BCUT2D eigenvalue weighted by atomic mass is 32.1. The highest BCUT2D eigenvalue weighted by Gasteiger charge is 2.35. The predicted molar refractivity (Wildman–Crippen MR) is 80.4 cm³/mol. The summed E-state index contributed by atoms with van der Waals surface area (Å²) in [6.45, 7) is 6.86. The molecule has 1 saturated heterocycles. The van der Waals surface area contributed by atoms with Crippen LogP contribution in [0.2, 0.25) is 0 Å². The van der Waals surface area contributed by atoms with Crippen LogP contribution in [0.25, 0.3) is 0 Å². The third-order valence-electron chi connectivity index (χ3n) is 3.69. The van der Waals surface area contributed by atoms with Gasteiger partial charge in [0, 0.05) is 24.9 Å². The topological polar surface area (TPSA) is 49.4 Å². The van der Waals surface area contributed by atoms with Gasteiger partial charge in [-0.3, -0.25) is 9.59 Å². The van der Waals surface area contributed by atoms with Gasteiger partial charge in [-0.15, -0.1) is 11.3 Å². The van der Waals surface area contributed by atoms with Gasteiger partial charge in [0.15, 0.2) is 0 Å². The van der Waals surface area contributed by atoms with Crippen molar-refractivity contribution in [3.63, 3.8) is 0 Å². The van der Waals surface area contributed by atoms with Crippen LogP contribution in [0.5, 0.6) is 0 Å². The molecule has 1 aromatic heterocycles. The van der Waals surface area contributed by atoms with E-state index in [1.54, 1.807) is 23.3 Å². The lowest BCUT2D eigenvalue weighted by atomic mass is 9.85. The van der Waals surface area contributed by atoms with Gasteiger partial charge in [0.2, 0.25) is 11.8 Å². The van der Waals surface area contributed by atoms with Crippen LogP contribution >= 0.6 is 11.3 Å². The first-order valence-corrected chi connectivity index (χ1v) is 7.74. The summed E-state index contributed by atoms with van der Waals surface area (Å²) in [5, 5.41) is 5.16. The van der Waals surface area contributed by atoms with Crippen molar-refractivity contribution in [3.05, 3.63) is 22.4 Å². The molecule has 0 aliphatic carbocycles. The first kappa shape index (κ1) is 15.0. The number of amides is 2. The van der Waals surface area contributed by atoms with Crippen LogP contribution in [0.4, 0.5) is 0 Å². The molecule has 2 amide bonds. The minimum absolute atomic E-state index is 0.0176. The molecule has 0 bridgehead atoms. The Morgan fingerprint density at radius 2 is 2.20 bits per heavy atom. The Labute approximate surface area is 124 Å². The van der Waals surface area contributed by atoms with Gasteiger partial charge in [0.05, 0.1) is 12.0 Å². The second-order valence-electron chi connectivity index (χ2n) is 6.50. The van der Waals surface area contributed by atoms with Gasteiger partial charge >= 0.3 is 0 Å². The highest BCUT2D eigenvalue weighted by molar-refractivity contribution is 7.10. The maximum Gasteiger partial charge on any atom is 0.225 e. The predicted octanol–water partition coefficient (Wildman–Crippen LogP) is 2.43. The molecule has 1 fully saturated rings. The molecule has 2 rings (SSSR count). The van der Waals surface area contributed by atoms with E-state index in [0.717, 1.165) is 4.88 Å². The lowest BCUT2D eigenvalue weighted by molar-refractivity contribution is -0.129. The van der Waals surface area contributed by atoms with E-state index in [-0.39, 0.29) is 29.2 Å². The van der Waals surface area contributed by atoms with Crippen LogP contribution in [-0.4, -0.2) is 30.3 Å². The summed E-state index contributed by atoms with van der Waals surface area (Å²) in [6.07, 6.45) is 0.323. The molecule has 0 saturated carbocycles. The molecule has 0 unspecified atom stereocenters. The molecule has 0 aromatic carbocycles. The van der Waals surface area contributed by atoms with Gasteiger partial charge < -0.3 is 10.2 Å². The molecule has 1 N–H and O–H groups in total. The zero-order valence-corrected chi connectivity index (χ0v) is 13.3. The number of hydrogen-bond acceptors (Lipinski definition) is 3. The van der Waals surface area contributed by atoms with Crippen LogP contribution in [0.15, 0.2) is 17.5 Å². The molecule has 110 valence electrons. The Morgan fingerprint density at radius 1 is 1.50 bits per heavy atom. The fourth-order valence-corrected chi connectivity index (χ4v) is 3.49. The molecule has 20 heavy (non-hydrogen) atoms. The maximum absolute atomic E-state index is 12.4. The summed E-state index contributed by atoms with van der Waals surface area (Å²) in [7, 11) is 1.75. The van der Waals surface area contributed by atoms with Crippen LogP contribution < -0.4 is 5.32 Å². The highest BCUT2D eigenvalue weighted by Crippen LogP contribution is 2.35. The third-order valence-corrected chi connectivity index (χ3v) is 4.63. The normalized spacial score (nSPS) is 21.1. The van der Waals surface area contributed by atoms with Crippen molar-refractivity contribution < 1.29 is 9.59 Å². The van der Waals surface area contributed by atoms with E-state index in [1.165, 1.54) is 0 Å². The molecule has 1 aromatic rings. The first-order valence-electron chi connectivity index (χ1n) is 6.87. The Kier molecular flexibility index (Phi) is 4.18. The molecule has 2 heterocycles. The van der Waals surface area contributed by atoms with Gasteiger partial charge in [0.1, 0.15) is 0 Å². The third kappa shape index (κ3) is 3.20. The van der Waals surface area contributed by atoms with Gasteiger partial charge in [-0.25, -0.2) is 0 Å². The quantitative estimate of drug-likeness (QED) is 0.931. The van der Waals surface area contributed by atoms with E-state index in [0.29, 0.717) is 13.0 Å². The van der Waals surface area contributed by atoms with Crippen LogP contribution in [0.1, 0.15) is 38.1 Å². The van der Waals surface area contributed by atoms with E-state index in [2.05, 4.69) is 26.1 Å². The fraction of sp³-hybridized carbons (Fsp3) is 0.600. The van der Waals surface area contributed by atoms with E-state index in [9.17, 15) is 9.59 Å². The van der Waals surface area contributed by atoms with Gasteiger partial charge in [-0.1, -0.05) is 26.8 Å². The molecular weight excluding hydrogens is 272 g/mol. The number of carbonyl (C=O) groups excluding carboxylic acids is 2. The van der Waals surface area contributed by atoms with E-state index < -0.39 is 0 Å². The van der Waals surface area contributed by atoms with Gasteiger partial charge in [0.25, 0.3) is 0 Å². The molecular formula is C15H22N2O2S. The number of thiophene rings is 1. The number of hydrogen-bond donors (Lipinski definition) is 1. The number of likely N-dealkylation sites (tertiary alicyclic amines) is 1. The second kappa shape index (κ2) is 5.56. The first-order chi connectivity index (χ1) is 9.29. The zero-order valence-electron chi connectivity index (χ0n) is 12.5. The van der Waals surface area contributed by atoms with E-state index >= 15 is 0 Å². The summed E-state index contributed by atoms with van der Waals surface area (Å²) >= 11 is 1.65. The van der Waals surface area contributed by atoms with Crippen molar-refractivity contribution in [1.29, 1.82) is 0 Å². The Balaban J connectivity index is 2.09. The molecule has 0 spiro atoms. The van der Waals surface area contributed by atoms with Crippen molar-refractivity contribution in [2.24, 2.45) is 11.3 Å². The van der Waals surface area contributed by atoms with E-state index in [1.807, 2.05) is 17.5 Å². The number of rotatable bonds is 3. The van der Waals surface area contributed by atoms with Gasteiger partial charge in [-0.2, -0.15) is 0 Å². The molecule has 2 atom stereocenters. The summed E-state index contributed by atoms with van der Waals surface area (Å²) < 4.78 is 0. The summed E-state index contributed by atoms with van der Waals surface area (Å²) in [6, 6.07) is 4.03. The molecule has 1 aliphatic rings. The lowest BCUT2D eigenvalue weighted by Gasteiger charge is -2.31. The average molecular weight is 294 g/mol. The smallest absolute Gasteiger partial charge is 0.225 e. The summed E-state index contributed by atoms with van der Waals surface area (Å²) in [5.74, 6) is -0.193. The SMILES string of the molecule is CN1C[C@@H](C(=O)N[C@H](c2cccs2)C(C)(C)C)CC1=O. The number of carbonyl (C=O) groups is 2. The van der Waals surface area contributed by atoms with E-state index in [4.69, 9.17) is 0 Å². The minimum atomic E-state index is -0.225. The van der Waals surface area contributed by atoms with Crippen molar-refractivity contribution >= 4 is 23.2 Å². The van der Waals surface area contributed by atoms with Crippen molar-refractivity contribution in [2.45, 2.75) is 33.2 Å². The molecule has 4 nitrogen and oxygen atoms in total. The largest absolute Gasteiger partial charge is 0.348 e. The Bertz CT molecular complexity index is 490. The van der Waals surface area contributed by atoms with Crippen LogP contribution in [-0.2, 0) is 9.59 Å². The molecule has 5 heteroatoms.